The van der Waals surface area contributed by atoms with E-state index in [1.807, 2.05) is 0 Å². The van der Waals surface area contributed by atoms with Gasteiger partial charge in [0.1, 0.15) is 18.3 Å². The van der Waals surface area contributed by atoms with Crippen LogP contribution in [0, 0.1) is 0 Å². The summed E-state index contributed by atoms with van der Waals surface area (Å²) < 4.78 is 9.54. The number of rotatable bonds is 3. The summed E-state index contributed by atoms with van der Waals surface area (Å²) in [7, 11) is 1.40. The molecule has 0 spiro atoms. The van der Waals surface area contributed by atoms with E-state index in [2.05, 4.69) is 0 Å². The topological polar surface area (TPSA) is 99.4 Å². The zero-order chi connectivity index (χ0) is 10.1. The van der Waals surface area contributed by atoms with Crippen LogP contribution in [0.4, 0.5) is 0 Å². The van der Waals surface area contributed by atoms with Gasteiger partial charge >= 0.3 is 0 Å². The molecule has 0 bridgehead atoms. The highest BCUT2D eigenvalue weighted by Gasteiger charge is 2.52. The molecule has 13 heavy (non-hydrogen) atoms. The molecule has 0 amide bonds. The van der Waals surface area contributed by atoms with Gasteiger partial charge in [0, 0.05) is 7.11 Å². The Morgan fingerprint density at radius 2 is 2.08 bits per heavy atom. The maximum absolute atomic E-state index is 9.40. The number of aliphatic hydroxyl groups excluding tert-OH is 3. The summed E-state index contributed by atoms with van der Waals surface area (Å²) in [5.41, 5.74) is 0. The summed E-state index contributed by atoms with van der Waals surface area (Å²) in [6, 6.07) is 0. The van der Waals surface area contributed by atoms with E-state index in [9.17, 15) is 15.3 Å². The van der Waals surface area contributed by atoms with Crippen LogP contribution in [0.3, 0.4) is 0 Å². The molecular weight excluding hydrogens is 180 g/mol. The number of methoxy groups -OCH3 is 1. The largest absolute Gasteiger partial charge is 0.391 e. The van der Waals surface area contributed by atoms with E-state index < -0.39 is 30.7 Å². The second-order valence-corrected chi connectivity index (χ2v) is 3.05. The van der Waals surface area contributed by atoms with Crippen LogP contribution in [-0.4, -0.2) is 64.8 Å². The van der Waals surface area contributed by atoms with Crippen LogP contribution in [0.25, 0.3) is 0 Å². The molecule has 4 N–H and O–H groups in total. The van der Waals surface area contributed by atoms with Gasteiger partial charge in [0.05, 0.1) is 13.2 Å². The molecule has 1 aliphatic heterocycles. The summed E-state index contributed by atoms with van der Waals surface area (Å²) in [6.45, 7) is -0.730. The van der Waals surface area contributed by atoms with Crippen molar-refractivity contribution in [3.8, 4) is 0 Å². The molecule has 6 nitrogen and oxygen atoms in total. The molecule has 1 saturated heterocycles. The average Bonchev–Trinajstić information content (AvgIpc) is 2.33. The zero-order valence-electron chi connectivity index (χ0n) is 7.25. The minimum atomic E-state index is -2.08. The molecule has 4 atom stereocenters. The predicted octanol–water partition coefficient (Wildman–Crippen LogP) is -2.57. The number of hydrogen-bond donors (Lipinski definition) is 4. The van der Waals surface area contributed by atoms with Crippen molar-refractivity contribution in [2.24, 2.45) is 0 Å². The molecule has 6 heteroatoms. The van der Waals surface area contributed by atoms with Gasteiger partial charge in [0.15, 0.2) is 0 Å². The van der Waals surface area contributed by atoms with Crippen molar-refractivity contribution in [1.82, 2.24) is 0 Å². The molecule has 0 radical (unpaired) electrons. The lowest BCUT2D eigenvalue weighted by Gasteiger charge is -2.22. The first-order chi connectivity index (χ1) is 6.05. The third-order valence-corrected chi connectivity index (χ3v) is 2.08. The lowest BCUT2D eigenvalue weighted by molar-refractivity contribution is -0.248. The molecule has 0 aromatic heterocycles. The van der Waals surface area contributed by atoms with Crippen LogP contribution in [-0.2, 0) is 9.47 Å². The Morgan fingerprint density at radius 1 is 1.46 bits per heavy atom. The first kappa shape index (κ1) is 10.8. The third-order valence-electron chi connectivity index (χ3n) is 2.08. The fourth-order valence-electron chi connectivity index (χ4n) is 1.30. The van der Waals surface area contributed by atoms with Gasteiger partial charge in [-0.25, -0.2) is 0 Å². The Bertz CT molecular complexity index is 174. The Hall–Kier alpha value is -0.240. The fourth-order valence-corrected chi connectivity index (χ4v) is 1.30. The highest BCUT2D eigenvalue weighted by molar-refractivity contribution is 4.94. The molecule has 1 rings (SSSR count). The molecule has 1 aliphatic rings. The van der Waals surface area contributed by atoms with Crippen molar-refractivity contribution < 1.29 is 29.9 Å². The van der Waals surface area contributed by atoms with Crippen LogP contribution in [0.1, 0.15) is 0 Å². The van der Waals surface area contributed by atoms with E-state index in [0.717, 1.165) is 0 Å². The quantitative estimate of drug-likeness (QED) is 0.394. The SMILES string of the molecule is COC[C@H]1O[C@](O)(CO)[C@H](O)[C@@H]1O. The van der Waals surface area contributed by atoms with E-state index >= 15 is 0 Å². The van der Waals surface area contributed by atoms with Crippen molar-refractivity contribution in [2.45, 2.75) is 24.1 Å². The standard InChI is InChI=1S/C7H14O6/c1-12-2-4-5(9)6(10)7(11,3-8)13-4/h4-6,8-11H,2-3H2,1H3/t4-,5-,6-,7-/m1/s1. The van der Waals surface area contributed by atoms with Crippen LogP contribution < -0.4 is 0 Å². The Kier molecular flexibility index (Phi) is 3.23. The predicted molar refractivity (Wildman–Crippen MR) is 40.8 cm³/mol. The van der Waals surface area contributed by atoms with E-state index in [1.165, 1.54) is 7.11 Å². The fraction of sp³-hybridized carbons (Fsp3) is 1.00. The van der Waals surface area contributed by atoms with Gasteiger partial charge in [-0.2, -0.15) is 0 Å². The van der Waals surface area contributed by atoms with Gasteiger partial charge in [0.2, 0.25) is 5.79 Å². The minimum Gasteiger partial charge on any atom is -0.391 e. The number of aliphatic hydroxyl groups is 4. The molecule has 0 aliphatic carbocycles. The van der Waals surface area contributed by atoms with Crippen LogP contribution in [0.2, 0.25) is 0 Å². The highest BCUT2D eigenvalue weighted by Crippen LogP contribution is 2.28. The van der Waals surface area contributed by atoms with Crippen molar-refractivity contribution in [3.63, 3.8) is 0 Å². The van der Waals surface area contributed by atoms with E-state index in [0.29, 0.717) is 0 Å². The van der Waals surface area contributed by atoms with Crippen molar-refractivity contribution in [2.75, 3.05) is 20.3 Å². The average molecular weight is 194 g/mol. The van der Waals surface area contributed by atoms with Crippen molar-refractivity contribution >= 4 is 0 Å². The summed E-state index contributed by atoms with van der Waals surface area (Å²) in [4.78, 5) is 0. The smallest absolute Gasteiger partial charge is 0.219 e. The van der Waals surface area contributed by atoms with Crippen LogP contribution in [0.15, 0.2) is 0 Å². The first-order valence-electron chi connectivity index (χ1n) is 3.91. The molecule has 78 valence electrons. The molecule has 0 unspecified atom stereocenters. The van der Waals surface area contributed by atoms with Gasteiger partial charge in [-0.05, 0) is 0 Å². The van der Waals surface area contributed by atoms with Gasteiger partial charge in [-0.1, -0.05) is 0 Å². The second-order valence-electron chi connectivity index (χ2n) is 3.05. The van der Waals surface area contributed by atoms with E-state index in [1.54, 1.807) is 0 Å². The maximum atomic E-state index is 9.40. The van der Waals surface area contributed by atoms with Gasteiger partial charge < -0.3 is 29.9 Å². The molecule has 1 heterocycles. The molecule has 0 aromatic rings. The number of hydrogen-bond acceptors (Lipinski definition) is 6. The van der Waals surface area contributed by atoms with E-state index in [-0.39, 0.29) is 6.61 Å². The molecule has 1 fully saturated rings. The normalized spacial score (nSPS) is 45.5. The van der Waals surface area contributed by atoms with Crippen LogP contribution in [0.5, 0.6) is 0 Å². The minimum absolute atomic E-state index is 0.0422. The summed E-state index contributed by atoms with van der Waals surface area (Å²) in [5, 5.41) is 36.7. The van der Waals surface area contributed by atoms with Crippen molar-refractivity contribution in [1.29, 1.82) is 0 Å². The first-order valence-corrected chi connectivity index (χ1v) is 3.91. The Labute approximate surface area is 75.3 Å². The lowest BCUT2D eigenvalue weighted by atomic mass is 10.1. The van der Waals surface area contributed by atoms with Gasteiger partial charge in [-0.15, -0.1) is 0 Å². The highest BCUT2D eigenvalue weighted by atomic mass is 16.7. The van der Waals surface area contributed by atoms with Crippen molar-refractivity contribution in [3.05, 3.63) is 0 Å². The molecule has 0 saturated carbocycles. The van der Waals surface area contributed by atoms with Crippen LogP contribution >= 0.6 is 0 Å². The summed E-state index contributed by atoms with van der Waals surface area (Å²) >= 11 is 0. The Balaban J connectivity index is 2.66. The number of ether oxygens (including phenoxy) is 2. The summed E-state index contributed by atoms with van der Waals surface area (Å²) in [6.07, 6.45) is -3.59. The second kappa shape index (κ2) is 3.87. The molecular formula is C7H14O6. The van der Waals surface area contributed by atoms with Gasteiger partial charge in [-0.3, -0.25) is 0 Å². The Morgan fingerprint density at radius 3 is 2.46 bits per heavy atom. The lowest BCUT2D eigenvalue weighted by Crippen LogP contribution is -2.46. The van der Waals surface area contributed by atoms with E-state index in [4.69, 9.17) is 14.6 Å². The monoisotopic (exact) mass is 194 g/mol. The van der Waals surface area contributed by atoms with Gasteiger partial charge in [0.25, 0.3) is 0 Å². The summed E-state index contributed by atoms with van der Waals surface area (Å²) in [5.74, 6) is -2.08. The maximum Gasteiger partial charge on any atom is 0.219 e. The third kappa shape index (κ3) is 1.83. The molecule has 0 aromatic carbocycles. The zero-order valence-corrected chi connectivity index (χ0v) is 7.25.